The molecule has 1 fully saturated rings. The molecule has 1 aromatic rings. The Morgan fingerprint density at radius 2 is 2.11 bits per heavy atom. The van der Waals surface area contributed by atoms with Crippen LogP contribution in [-0.4, -0.2) is 30.9 Å². The molecule has 0 amide bonds. The van der Waals surface area contributed by atoms with Crippen LogP contribution in [0.2, 0.25) is 0 Å². The van der Waals surface area contributed by atoms with E-state index in [1.807, 2.05) is 12.1 Å². The van der Waals surface area contributed by atoms with E-state index in [1.54, 1.807) is 0 Å². The average molecular weight is 249 g/mol. The number of aromatic hydroxyl groups is 1. The summed E-state index contributed by atoms with van der Waals surface area (Å²) in [5, 5.41) is 13.7. The van der Waals surface area contributed by atoms with Crippen LogP contribution in [0.1, 0.15) is 24.8 Å². The predicted octanol–water partition coefficient (Wildman–Crippen LogP) is 1.85. The minimum absolute atomic E-state index is 0.253. The number of phenols is 1. The van der Waals surface area contributed by atoms with E-state index in [-0.39, 0.29) is 5.75 Å². The second-order valence-corrected chi connectivity index (χ2v) is 4.95. The fraction of sp³-hybridized carbons (Fsp3) is 0.571. The second-order valence-electron chi connectivity index (χ2n) is 4.95. The second kappa shape index (κ2) is 5.06. The van der Waals surface area contributed by atoms with E-state index in [0.717, 1.165) is 24.9 Å². The maximum atomic E-state index is 10.3. The van der Waals surface area contributed by atoms with Gasteiger partial charge in [-0.05, 0) is 37.4 Å². The number of hydrogen-bond donors (Lipinski definition) is 2. The average Bonchev–Trinajstić information content (AvgIpc) is 2.76. The molecule has 0 saturated carbocycles. The van der Waals surface area contributed by atoms with E-state index in [4.69, 9.17) is 9.47 Å². The smallest absolute Gasteiger partial charge is 0.203 e. The standard InChI is InChI=1S/C14H19NO3/c16-13-10(9-11-3-1-6-15-11)4-5-12-14(13)18-8-2-7-17-12/h4-5,11,15-16H,1-3,6-9H2. The first-order valence-corrected chi connectivity index (χ1v) is 6.68. The zero-order valence-corrected chi connectivity index (χ0v) is 10.4. The molecular formula is C14H19NO3. The van der Waals surface area contributed by atoms with Crippen LogP contribution in [0, 0.1) is 0 Å². The maximum Gasteiger partial charge on any atom is 0.203 e. The fourth-order valence-electron chi connectivity index (χ4n) is 2.62. The number of hydrogen-bond acceptors (Lipinski definition) is 4. The Hall–Kier alpha value is -1.42. The maximum absolute atomic E-state index is 10.3. The molecule has 98 valence electrons. The Morgan fingerprint density at radius 1 is 1.22 bits per heavy atom. The summed E-state index contributed by atoms with van der Waals surface area (Å²) in [6.07, 6.45) is 4.10. The molecule has 3 rings (SSSR count). The van der Waals surface area contributed by atoms with Crippen LogP contribution < -0.4 is 14.8 Å². The van der Waals surface area contributed by atoms with Crippen molar-refractivity contribution < 1.29 is 14.6 Å². The van der Waals surface area contributed by atoms with Crippen molar-refractivity contribution in [3.05, 3.63) is 17.7 Å². The highest BCUT2D eigenvalue weighted by atomic mass is 16.5. The highest BCUT2D eigenvalue weighted by molar-refractivity contribution is 5.55. The Kier molecular flexibility index (Phi) is 3.28. The summed E-state index contributed by atoms with van der Waals surface area (Å²) in [6.45, 7) is 2.33. The summed E-state index contributed by atoms with van der Waals surface area (Å²) < 4.78 is 11.1. The van der Waals surface area contributed by atoms with Gasteiger partial charge in [-0.3, -0.25) is 0 Å². The number of phenolic OH excluding ortho intramolecular Hbond substituents is 1. The lowest BCUT2D eigenvalue weighted by atomic mass is 10.0. The zero-order valence-electron chi connectivity index (χ0n) is 10.4. The Balaban J connectivity index is 1.84. The van der Waals surface area contributed by atoms with Crippen molar-refractivity contribution in [2.45, 2.75) is 31.7 Å². The summed E-state index contributed by atoms with van der Waals surface area (Å²) in [6, 6.07) is 4.33. The third-order valence-electron chi connectivity index (χ3n) is 3.60. The summed E-state index contributed by atoms with van der Waals surface area (Å²) in [5.74, 6) is 1.43. The quantitative estimate of drug-likeness (QED) is 0.840. The molecule has 0 aliphatic carbocycles. The minimum Gasteiger partial charge on any atom is -0.504 e. The third kappa shape index (κ3) is 2.25. The highest BCUT2D eigenvalue weighted by Gasteiger charge is 2.21. The monoisotopic (exact) mass is 249 g/mol. The molecule has 2 aliphatic rings. The van der Waals surface area contributed by atoms with E-state index in [0.29, 0.717) is 30.8 Å². The third-order valence-corrected chi connectivity index (χ3v) is 3.60. The van der Waals surface area contributed by atoms with Gasteiger partial charge in [-0.25, -0.2) is 0 Å². The molecular weight excluding hydrogens is 230 g/mol. The van der Waals surface area contributed by atoms with Gasteiger partial charge in [-0.1, -0.05) is 6.07 Å². The summed E-state index contributed by atoms with van der Waals surface area (Å²) in [4.78, 5) is 0. The topological polar surface area (TPSA) is 50.7 Å². The lowest BCUT2D eigenvalue weighted by molar-refractivity contribution is 0.291. The first-order valence-electron chi connectivity index (χ1n) is 6.68. The molecule has 0 bridgehead atoms. The van der Waals surface area contributed by atoms with Crippen molar-refractivity contribution in [1.29, 1.82) is 0 Å². The zero-order chi connectivity index (χ0) is 12.4. The van der Waals surface area contributed by atoms with Crippen LogP contribution in [0.5, 0.6) is 17.2 Å². The molecule has 1 aromatic carbocycles. The van der Waals surface area contributed by atoms with Gasteiger partial charge in [0.1, 0.15) is 0 Å². The number of ether oxygens (including phenoxy) is 2. The van der Waals surface area contributed by atoms with Gasteiger partial charge in [0.25, 0.3) is 0 Å². The van der Waals surface area contributed by atoms with Crippen molar-refractivity contribution >= 4 is 0 Å². The normalized spacial score (nSPS) is 22.8. The number of fused-ring (bicyclic) bond motifs is 1. The number of benzene rings is 1. The Labute approximate surface area is 107 Å². The van der Waals surface area contributed by atoms with Gasteiger partial charge in [0.15, 0.2) is 11.5 Å². The first kappa shape index (κ1) is 11.7. The molecule has 2 heterocycles. The Morgan fingerprint density at radius 3 is 2.94 bits per heavy atom. The summed E-state index contributed by atoms with van der Waals surface area (Å²) >= 11 is 0. The van der Waals surface area contributed by atoms with Gasteiger partial charge in [0, 0.05) is 12.5 Å². The minimum atomic E-state index is 0.253. The van der Waals surface area contributed by atoms with Gasteiger partial charge in [0.2, 0.25) is 5.75 Å². The van der Waals surface area contributed by atoms with Gasteiger partial charge in [-0.2, -0.15) is 0 Å². The van der Waals surface area contributed by atoms with Gasteiger partial charge in [-0.15, -0.1) is 0 Å². The van der Waals surface area contributed by atoms with E-state index < -0.39 is 0 Å². The number of nitrogens with one attached hydrogen (secondary N) is 1. The van der Waals surface area contributed by atoms with E-state index in [1.165, 1.54) is 12.8 Å². The van der Waals surface area contributed by atoms with Crippen LogP contribution in [0.3, 0.4) is 0 Å². The molecule has 4 nitrogen and oxygen atoms in total. The largest absolute Gasteiger partial charge is 0.504 e. The molecule has 2 aliphatic heterocycles. The van der Waals surface area contributed by atoms with Crippen molar-refractivity contribution in [1.82, 2.24) is 5.32 Å². The molecule has 2 N–H and O–H groups in total. The van der Waals surface area contributed by atoms with E-state index in [2.05, 4.69) is 5.32 Å². The SMILES string of the molecule is Oc1c(CC2CCCN2)ccc2c1OCCCO2. The van der Waals surface area contributed by atoms with Crippen LogP contribution in [0.4, 0.5) is 0 Å². The Bertz CT molecular complexity index is 427. The molecule has 18 heavy (non-hydrogen) atoms. The lowest BCUT2D eigenvalue weighted by Crippen LogP contribution is -2.23. The van der Waals surface area contributed by atoms with Crippen LogP contribution >= 0.6 is 0 Å². The van der Waals surface area contributed by atoms with Gasteiger partial charge >= 0.3 is 0 Å². The molecule has 0 radical (unpaired) electrons. The molecule has 4 heteroatoms. The van der Waals surface area contributed by atoms with Crippen molar-refractivity contribution in [2.24, 2.45) is 0 Å². The van der Waals surface area contributed by atoms with Crippen molar-refractivity contribution in [3.63, 3.8) is 0 Å². The summed E-state index contributed by atoms with van der Waals surface area (Å²) in [7, 11) is 0. The number of rotatable bonds is 2. The van der Waals surface area contributed by atoms with Crippen LogP contribution in [0.15, 0.2) is 12.1 Å². The predicted molar refractivity (Wildman–Crippen MR) is 68.4 cm³/mol. The van der Waals surface area contributed by atoms with E-state index >= 15 is 0 Å². The van der Waals surface area contributed by atoms with Crippen LogP contribution in [-0.2, 0) is 6.42 Å². The molecule has 1 saturated heterocycles. The summed E-state index contributed by atoms with van der Waals surface area (Å²) in [5.41, 5.74) is 0.943. The highest BCUT2D eigenvalue weighted by Crippen LogP contribution is 2.41. The van der Waals surface area contributed by atoms with Crippen molar-refractivity contribution in [2.75, 3.05) is 19.8 Å². The van der Waals surface area contributed by atoms with Gasteiger partial charge < -0.3 is 19.9 Å². The molecule has 0 aromatic heterocycles. The van der Waals surface area contributed by atoms with Crippen molar-refractivity contribution in [3.8, 4) is 17.2 Å². The van der Waals surface area contributed by atoms with Crippen LogP contribution in [0.25, 0.3) is 0 Å². The fourth-order valence-corrected chi connectivity index (χ4v) is 2.62. The molecule has 1 atom stereocenters. The molecule has 1 unspecified atom stereocenters. The van der Waals surface area contributed by atoms with Gasteiger partial charge in [0.05, 0.1) is 13.2 Å². The lowest BCUT2D eigenvalue weighted by Gasteiger charge is -2.15. The molecule has 0 spiro atoms. The first-order chi connectivity index (χ1) is 8.84. The van der Waals surface area contributed by atoms with E-state index in [9.17, 15) is 5.11 Å².